The fraction of sp³-hybridized carbons (Fsp3) is 0.500. The molecule has 8 heteroatoms. The minimum atomic E-state index is -1.17. The Labute approximate surface area is 149 Å². The van der Waals surface area contributed by atoms with Gasteiger partial charge in [-0.1, -0.05) is 0 Å². The van der Waals surface area contributed by atoms with Crippen molar-refractivity contribution in [2.45, 2.75) is 38.8 Å². The van der Waals surface area contributed by atoms with Crippen LogP contribution in [0.3, 0.4) is 0 Å². The van der Waals surface area contributed by atoms with Gasteiger partial charge < -0.3 is 24.6 Å². The van der Waals surface area contributed by atoms with E-state index in [-0.39, 0.29) is 6.42 Å². The Morgan fingerprint density at radius 1 is 1.21 bits per heavy atom. The highest BCUT2D eigenvalue weighted by Crippen LogP contribution is 2.35. The molecule has 1 unspecified atom stereocenters. The number of halogens is 1. The minimum absolute atomic E-state index is 0.0502. The largest absolute Gasteiger partial charge is 0.495 e. The van der Waals surface area contributed by atoms with Gasteiger partial charge in [-0.25, -0.2) is 9.59 Å². The van der Waals surface area contributed by atoms with Crippen molar-refractivity contribution in [3.05, 3.63) is 22.2 Å². The van der Waals surface area contributed by atoms with Crippen molar-refractivity contribution in [3.63, 3.8) is 0 Å². The Morgan fingerprint density at radius 3 is 2.08 bits per heavy atom. The number of alkyl carbamates (subject to hydrolysis) is 1. The van der Waals surface area contributed by atoms with Crippen LogP contribution in [0.15, 0.2) is 16.6 Å². The second kappa shape index (κ2) is 8.23. The molecule has 1 aromatic rings. The third kappa shape index (κ3) is 5.92. The average Bonchev–Trinajstić information content (AvgIpc) is 2.45. The lowest BCUT2D eigenvalue weighted by molar-refractivity contribution is -0.139. The number of hydrogen-bond donors (Lipinski definition) is 2. The van der Waals surface area contributed by atoms with Gasteiger partial charge in [-0.15, -0.1) is 0 Å². The van der Waals surface area contributed by atoms with Crippen LogP contribution in [0.1, 0.15) is 26.3 Å². The lowest BCUT2D eigenvalue weighted by atomic mass is 10.1. The SMILES string of the molecule is COc1cc(CC(NC(=O)OC(C)(C)C)C(=O)O)cc(OC)c1Br. The Bertz CT molecular complexity index is 586. The summed E-state index contributed by atoms with van der Waals surface area (Å²) in [6, 6.07) is 2.22. The van der Waals surface area contributed by atoms with Gasteiger partial charge in [-0.05, 0) is 54.4 Å². The monoisotopic (exact) mass is 403 g/mol. The second-order valence-corrected chi connectivity index (χ2v) is 6.85. The van der Waals surface area contributed by atoms with Crippen LogP contribution in [-0.2, 0) is 16.0 Å². The summed E-state index contributed by atoms with van der Waals surface area (Å²) in [4.78, 5) is 23.2. The van der Waals surface area contributed by atoms with Crippen LogP contribution in [0.25, 0.3) is 0 Å². The molecule has 0 aliphatic rings. The van der Waals surface area contributed by atoms with Crippen LogP contribution >= 0.6 is 15.9 Å². The quantitative estimate of drug-likeness (QED) is 0.757. The predicted octanol–water partition coefficient (Wildman–Crippen LogP) is 2.99. The molecule has 0 aromatic heterocycles. The van der Waals surface area contributed by atoms with Crippen LogP contribution in [0.4, 0.5) is 4.79 Å². The standard InChI is InChI=1S/C16H22BrNO6/c1-16(2,3)24-15(21)18-10(14(19)20)6-9-7-11(22-4)13(17)12(8-9)23-5/h7-8,10H,6H2,1-5H3,(H,18,21)(H,19,20). The van der Waals surface area contributed by atoms with E-state index in [1.54, 1.807) is 32.9 Å². The van der Waals surface area contributed by atoms with Crippen molar-refractivity contribution in [2.75, 3.05) is 14.2 Å². The van der Waals surface area contributed by atoms with Gasteiger partial charge in [-0.3, -0.25) is 0 Å². The first-order valence-electron chi connectivity index (χ1n) is 7.20. The number of amides is 1. The van der Waals surface area contributed by atoms with Crippen molar-refractivity contribution in [1.29, 1.82) is 0 Å². The molecule has 0 saturated heterocycles. The number of carboxylic acid groups (broad SMARTS) is 1. The van der Waals surface area contributed by atoms with E-state index in [4.69, 9.17) is 14.2 Å². The van der Waals surface area contributed by atoms with Gasteiger partial charge in [0.15, 0.2) is 0 Å². The summed E-state index contributed by atoms with van der Waals surface area (Å²) >= 11 is 3.35. The van der Waals surface area contributed by atoms with E-state index in [0.29, 0.717) is 21.5 Å². The average molecular weight is 404 g/mol. The topological polar surface area (TPSA) is 94.1 Å². The van der Waals surface area contributed by atoms with Crippen LogP contribution in [0, 0.1) is 0 Å². The summed E-state index contributed by atoms with van der Waals surface area (Å²) in [6.45, 7) is 5.10. The van der Waals surface area contributed by atoms with Gasteiger partial charge in [0, 0.05) is 6.42 Å². The summed E-state index contributed by atoms with van der Waals surface area (Å²) in [5, 5.41) is 11.7. The Morgan fingerprint density at radius 2 is 1.71 bits per heavy atom. The van der Waals surface area contributed by atoms with Gasteiger partial charge in [0.2, 0.25) is 0 Å². The summed E-state index contributed by atoms with van der Waals surface area (Å²) in [5.41, 5.74) is -0.0765. The number of benzene rings is 1. The summed E-state index contributed by atoms with van der Waals surface area (Å²) < 4.78 is 16.2. The molecule has 134 valence electrons. The van der Waals surface area contributed by atoms with Crippen molar-refractivity contribution >= 4 is 28.0 Å². The zero-order valence-corrected chi connectivity index (χ0v) is 15.9. The number of ether oxygens (including phenoxy) is 3. The third-order valence-corrected chi connectivity index (χ3v) is 3.72. The molecule has 0 spiro atoms. The zero-order chi connectivity index (χ0) is 18.5. The van der Waals surface area contributed by atoms with E-state index in [2.05, 4.69) is 21.2 Å². The molecule has 1 rings (SSSR count). The molecular weight excluding hydrogens is 382 g/mol. The van der Waals surface area contributed by atoms with Crippen LogP contribution < -0.4 is 14.8 Å². The van der Waals surface area contributed by atoms with Gasteiger partial charge in [-0.2, -0.15) is 0 Å². The maximum Gasteiger partial charge on any atom is 0.408 e. The summed E-state index contributed by atoms with van der Waals surface area (Å²) in [6.07, 6.45) is -0.736. The van der Waals surface area contributed by atoms with Crippen molar-refractivity contribution < 1.29 is 28.9 Å². The highest BCUT2D eigenvalue weighted by Gasteiger charge is 2.25. The first-order chi connectivity index (χ1) is 11.1. The van der Waals surface area contributed by atoms with Crippen molar-refractivity contribution in [1.82, 2.24) is 5.32 Å². The number of hydrogen-bond acceptors (Lipinski definition) is 5. The molecule has 24 heavy (non-hydrogen) atoms. The number of carbonyl (C=O) groups is 2. The molecule has 2 N–H and O–H groups in total. The van der Waals surface area contributed by atoms with Gasteiger partial charge in [0.05, 0.1) is 14.2 Å². The second-order valence-electron chi connectivity index (χ2n) is 6.06. The van der Waals surface area contributed by atoms with Crippen LogP contribution in [0.5, 0.6) is 11.5 Å². The highest BCUT2D eigenvalue weighted by atomic mass is 79.9. The number of carboxylic acids is 1. The summed E-state index contributed by atoms with van der Waals surface area (Å²) in [7, 11) is 2.99. The Balaban J connectivity index is 2.97. The third-order valence-electron chi connectivity index (χ3n) is 2.93. The number of methoxy groups -OCH3 is 2. The maximum atomic E-state index is 11.8. The molecule has 0 fully saturated rings. The molecule has 0 saturated carbocycles. The molecule has 0 radical (unpaired) electrons. The normalized spacial score (nSPS) is 12.2. The lowest BCUT2D eigenvalue weighted by Crippen LogP contribution is -2.44. The molecule has 0 bridgehead atoms. The number of aliphatic carboxylic acids is 1. The number of carbonyl (C=O) groups excluding carboxylic acids is 1. The lowest BCUT2D eigenvalue weighted by Gasteiger charge is -2.22. The molecule has 7 nitrogen and oxygen atoms in total. The molecule has 1 atom stereocenters. The first kappa shape index (κ1) is 20.1. The predicted molar refractivity (Wildman–Crippen MR) is 91.7 cm³/mol. The van der Waals surface area contributed by atoms with E-state index < -0.39 is 23.7 Å². The highest BCUT2D eigenvalue weighted by molar-refractivity contribution is 9.10. The minimum Gasteiger partial charge on any atom is -0.495 e. The maximum absolute atomic E-state index is 11.8. The summed E-state index contributed by atoms with van der Waals surface area (Å²) in [5.74, 6) is -0.154. The Kier molecular flexibility index (Phi) is 6.89. The fourth-order valence-electron chi connectivity index (χ4n) is 1.93. The van der Waals surface area contributed by atoms with Crippen molar-refractivity contribution in [2.24, 2.45) is 0 Å². The first-order valence-corrected chi connectivity index (χ1v) is 7.99. The molecule has 1 amide bonds. The van der Waals surface area contributed by atoms with E-state index >= 15 is 0 Å². The number of nitrogens with one attached hydrogen (secondary N) is 1. The molecule has 1 aromatic carbocycles. The van der Waals surface area contributed by atoms with Crippen molar-refractivity contribution in [3.8, 4) is 11.5 Å². The fourth-order valence-corrected chi connectivity index (χ4v) is 2.48. The van der Waals surface area contributed by atoms with E-state index in [1.165, 1.54) is 14.2 Å². The van der Waals surface area contributed by atoms with Gasteiger partial charge >= 0.3 is 12.1 Å². The smallest absolute Gasteiger partial charge is 0.408 e. The van der Waals surface area contributed by atoms with Crippen LogP contribution in [-0.4, -0.2) is 43.0 Å². The van der Waals surface area contributed by atoms with Gasteiger partial charge in [0.1, 0.15) is 27.6 Å². The van der Waals surface area contributed by atoms with E-state index in [1.807, 2.05) is 0 Å². The van der Waals surface area contributed by atoms with E-state index in [9.17, 15) is 14.7 Å². The zero-order valence-electron chi connectivity index (χ0n) is 14.3. The van der Waals surface area contributed by atoms with Crippen LogP contribution in [0.2, 0.25) is 0 Å². The molecule has 0 heterocycles. The van der Waals surface area contributed by atoms with Gasteiger partial charge in [0.25, 0.3) is 0 Å². The number of rotatable bonds is 6. The molecule has 0 aliphatic heterocycles. The molecule has 0 aliphatic carbocycles. The van der Waals surface area contributed by atoms with E-state index in [0.717, 1.165) is 0 Å². The Hall–Kier alpha value is -1.96. The molecular formula is C16H22BrNO6.